The fraction of sp³-hybridized carbons (Fsp3) is 0.467. The molecule has 0 unspecified atom stereocenters. The highest BCUT2D eigenvalue weighted by Gasteiger charge is 2.20. The van der Waals surface area contributed by atoms with Gasteiger partial charge in [0.2, 0.25) is 0 Å². The van der Waals surface area contributed by atoms with Gasteiger partial charge >= 0.3 is 0 Å². The lowest BCUT2D eigenvalue weighted by molar-refractivity contribution is 0.0110. The van der Waals surface area contributed by atoms with Crippen molar-refractivity contribution in [1.82, 2.24) is 10.0 Å². The second-order valence-corrected chi connectivity index (χ2v) is 7.97. The summed E-state index contributed by atoms with van der Waals surface area (Å²) >= 11 is 0. The van der Waals surface area contributed by atoms with Gasteiger partial charge < -0.3 is 0 Å². The van der Waals surface area contributed by atoms with Gasteiger partial charge in [0.15, 0.2) is 0 Å². The molecule has 0 N–H and O–H groups in total. The Morgan fingerprint density at radius 1 is 0.656 bits per heavy atom. The first-order chi connectivity index (χ1) is 15.3. The van der Waals surface area contributed by atoms with Crippen molar-refractivity contribution in [3.05, 3.63) is 94.7 Å². The highest BCUT2D eigenvalue weighted by Crippen LogP contribution is 2.20. The minimum atomic E-state index is 0.838. The van der Waals surface area contributed by atoms with Crippen molar-refractivity contribution in [2.45, 2.75) is 68.7 Å². The first-order valence-corrected chi connectivity index (χ1v) is 12.0. The van der Waals surface area contributed by atoms with Gasteiger partial charge in [-0.05, 0) is 84.1 Å². The van der Waals surface area contributed by atoms with E-state index in [1.54, 1.807) is 0 Å². The SMILES string of the molecule is C=C/C(=C\CC)CN(CC(=C/C)/C(C)=C\C)N(CC(/C=C\C)=C/C)CC(=C/C)/C(C)=C\C. The number of nitrogens with zero attached hydrogens (tertiary/aromatic N) is 2. The highest BCUT2D eigenvalue weighted by atomic mass is 15.6. The van der Waals surface area contributed by atoms with Crippen LogP contribution in [-0.2, 0) is 0 Å². The van der Waals surface area contributed by atoms with E-state index < -0.39 is 0 Å². The molecule has 0 aliphatic heterocycles. The highest BCUT2D eigenvalue weighted by molar-refractivity contribution is 5.32. The summed E-state index contributed by atoms with van der Waals surface area (Å²) in [6.07, 6.45) is 20.7. The molecule has 0 aromatic rings. The molecule has 0 saturated carbocycles. The molecule has 0 bridgehead atoms. The lowest BCUT2D eigenvalue weighted by Crippen LogP contribution is -2.46. The summed E-state index contributed by atoms with van der Waals surface area (Å²) in [5, 5.41) is 4.99. The molecule has 0 fully saturated rings. The van der Waals surface area contributed by atoms with E-state index in [4.69, 9.17) is 0 Å². The standard InChI is InChI=1S/C30H48N2/c1-11-19-27(15-5)21-31(23-29(17-7)25(9)13-3)32(22-28(16-6)20-12-2)24-30(18-8)26(10)14-4/h12-20H,5,11,21-24H2,1-4,6-10H3/b20-12-,25-13-,26-14-,27-19+,28-16+,29-17-,30-18-. The maximum Gasteiger partial charge on any atom is 0.0387 e. The van der Waals surface area contributed by atoms with E-state index in [-0.39, 0.29) is 0 Å². The lowest BCUT2D eigenvalue weighted by atomic mass is 10.1. The summed E-state index contributed by atoms with van der Waals surface area (Å²) < 4.78 is 0. The third-order valence-electron chi connectivity index (χ3n) is 5.89. The molecule has 0 heterocycles. The zero-order chi connectivity index (χ0) is 24.5. The molecule has 0 aliphatic rings. The van der Waals surface area contributed by atoms with Crippen LogP contribution < -0.4 is 0 Å². The van der Waals surface area contributed by atoms with E-state index in [0.29, 0.717) is 0 Å². The second kappa shape index (κ2) is 17.4. The smallest absolute Gasteiger partial charge is 0.0387 e. The minimum Gasteiger partial charge on any atom is -0.232 e. The molecule has 0 rings (SSSR count). The normalized spacial score (nSPS) is 15.5. The topological polar surface area (TPSA) is 6.48 Å². The van der Waals surface area contributed by atoms with Gasteiger partial charge in [-0.25, -0.2) is 10.0 Å². The summed E-state index contributed by atoms with van der Waals surface area (Å²) in [5.41, 5.74) is 7.95. The van der Waals surface area contributed by atoms with Crippen molar-refractivity contribution >= 4 is 0 Å². The predicted molar refractivity (Wildman–Crippen MR) is 147 cm³/mol. The fourth-order valence-corrected chi connectivity index (χ4v) is 3.51. The van der Waals surface area contributed by atoms with Crippen LogP contribution in [0, 0.1) is 0 Å². The van der Waals surface area contributed by atoms with Crippen molar-refractivity contribution in [1.29, 1.82) is 0 Å². The molecule has 2 heteroatoms. The maximum absolute atomic E-state index is 4.09. The number of hydrazine groups is 1. The van der Waals surface area contributed by atoms with Crippen LogP contribution >= 0.6 is 0 Å². The van der Waals surface area contributed by atoms with Crippen molar-refractivity contribution in [2.75, 3.05) is 26.2 Å². The van der Waals surface area contributed by atoms with Crippen LogP contribution in [0.15, 0.2) is 94.7 Å². The molecule has 0 spiro atoms. The van der Waals surface area contributed by atoms with Crippen LogP contribution in [0.5, 0.6) is 0 Å². The quantitative estimate of drug-likeness (QED) is 0.199. The monoisotopic (exact) mass is 436 g/mol. The number of allylic oxidation sites excluding steroid dienone is 7. The van der Waals surface area contributed by atoms with Crippen LogP contribution in [0.3, 0.4) is 0 Å². The van der Waals surface area contributed by atoms with Gasteiger partial charge in [-0.2, -0.15) is 0 Å². The molecule has 0 saturated heterocycles. The summed E-state index contributed by atoms with van der Waals surface area (Å²) in [4.78, 5) is 0. The van der Waals surface area contributed by atoms with Gasteiger partial charge in [-0.3, -0.25) is 0 Å². The Bertz CT molecular complexity index is 740. The molecule has 0 aromatic heterocycles. The number of rotatable bonds is 14. The Hall–Kier alpha value is -2.16. The van der Waals surface area contributed by atoms with Crippen LogP contribution in [0.1, 0.15) is 68.7 Å². The van der Waals surface area contributed by atoms with Gasteiger partial charge in [0.25, 0.3) is 0 Å². The third kappa shape index (κ3) is 10.4. The Morgan fingerprint density at radius 2 is 1.12 bits per heavy atom. The molecular weight excluding hydrogens is 388 g/mol. The Labute approximate surface area is 199 Å². The van der Waals surface area contributed by atoms with E-state index in [2.05, 4.69) is 128 Å². The van der Waals surface area contributed by atoms with Crippen molar-refractivity contribution in [3.63, 3.8) is 0 Å². The molecule has 32 heavy (non-hydrogen) atoms. The molecule has 178 valence electrons. The van der Waals surface area contributed by atoms with Gasteiger partial charge in [0.05, 0.1) is 0 Å². The minimum absolute atomic E-state index is 0.838. The predicted octanol–water partition coefficient (Wildman–Crippen LogP) is 8.38. The van der Waals surface area contributed by atoms with Crippen LogP contribution in [0.4, 0.5) is 0 Å². The number of hydrogen-bond donors (Lipinski definition) is 0. The van der Waals surface area contributed by atoms with E-state index in [1.807, 2.05) is 6.08 Å². The Morgan fingerprint density at radius 3 is 1.44 bits per heavy atom. The molecular formula is C30H48N2. The van der Waals surface area contributed by atoms with Crippen molar-refractivity contribution < 1.29 is 0 Å². The molecule has 0 aliphatic carbocycles. The Balaban J connectivity index is 6.47. The summed E-state index contributed by atoms with van der Waals surface area (Å²) in [6.45, 7) is 26.8. The van der Waals surface area contributed by atoms with Gasteiger partial charge in [-0.1, -0.05) is 79.3 Å². The molecule has 0 aromatic carbocycles. The van der Waals surface area contributed by atoms with E-state index in [9.17, 15) is 0 Å². The summed E-state index contributed by atoms with van der Waals surface area (Å²) in [7, 11) is 0. The zero-order valence-electron chi connectivity index (χ0n) is 22.3. The van der Waals surface area contributed by atoms with Crippen LogP contribution in [0.25, 0.3) is 0 Å². The molecule has 0 radical (unpaired) electrons. The van der Waals surface area contributed by atoms with E-state index in [0.717, 1.165) is 32.6 Å². The second-order valence-electron chi connectivity index (χ2n) is 7.97. The maximum atomic E-state index is 4.09. The largest absolute Gasteiger partial charge is 0.232 e. The van der Waals surface area contributed by atoms with E-state index >= 15 is 0 Å². The first kappa shape index (κ1) is 29.8. The van der Waals surface area contributed by atoms with Crippen LogP contribution in [-0.4, -0.2) is 36.2 Å². The van der Waals surface area contributed by atoms with E-state index in [1.165, 1.54) is 33.4 Å². The summed E-state index contributed by atoms with van der Waals surface area (Å²) in [5.74, 6) is 0. The van der Waals surface area contributed by atoms with Gasteiger partial charge in [0.1, 0.15) is 0 Å². The number of hydrogen-bond acceptors (Lipinski definition) is 2. The average Bonchev–Trinajstić information content (AvgIpc) is 2.81. The zero-order valence-corrected chi connectivity index (χ0v) is 22.3. The molecule has 2 nitrogen and oxygen atoms in total. The van der Waals surface area contributed by atoms with Crippen LogP contribution in [0.2, 0.25) is 0 Å². The van der Waals surface area contributed by atoms with Crippen molar-refractivity contribution in [3.8, 4) is 0 Å². The average molecular weight is 437 g/mol. The molecule has 0 atom stereocenters. The van der Waals surface area contributed by atoms with Gasteiger partial charge in [0, 0.05) is 26.2 Å². The fourth-order valence-electron chi connectivity index (χ4n) is 3.51. The van der Waals surface area contributed by atoms with Gasteiger partial charge in [-0.15, -0.1) is 0 Å². The lowest BCUT2D eigenvalue weighted by Gasteiger charge is -2.37. The Kier molecular flexibility index (Phi) is 16.2. The first-order valence-electron chi connectivity index (χ1n) is 12.0. The van der Waals surface area contributed by atoms with Crippen molar-refractivity contribution in [2.24, 2.45) is 0 Å². The third-order valence-corrected chi connectivity index (χ3v) is 5.89. The summed E-state index contributed by atoms with van der Waals surface area (Å²) in [6, 6.07) is 0. The molecule has 0 amide bonds.